The van der Waals surface area contributed by atoms with E-state index >= 15 is 0 Å². The van der Waals surface area contributed by atoms with Gasteiger partial charge >= 0.3 is 0 Å². The van der Waals surface area contributed by atoms with Crippen molar-refractivity contribution in [2.24, 2.45) is 5.73 Å². The number of rotatable bonds is 5. The number of non-ortho nitro benzene ring substituents is 1. The molecule has 0 saturated carbocycles. The van der Waals surface area contributed by atoms with Crippen LogP contribution in [0.3, 0.4) is 0 Å². The van der Waals surface area contributed by atoms with Crippen molar-refractivity contribution >= 4 is 17.3 Å². The highest BCUT2D eigenvalue weighted by molar-refractivity contribution is 6.20. The van der Waals surface area contributed by atoms with Gasteiger partial charge in [0.05, 0.1) is 11.5 Å². The number of benzene rings is 1. The van der Waals surface area contributed by atoms with Crippen molar-refractivity contribution in [3.05, 3.63) is 40.4 Å². The van der Waals surface area contributed by atoms with Gasteiger partial charge in [-0.1, -0.05) is 18.2 Å². The summed E-state index contributed by atoms with van der Waals surface area (Å²) in [7, 11) is 0. The van der Waals surface area contributed by atoms with Gasteiger partial charge in [-0.05, 0) is 0 Å². The first-order chi connectivity index (χ1) is 8.52. The summed E-state index contributed by atoms with van der Waals surface area (Å²) in [5.74, 6) is 0. The number of para-hydroxylation sites is 1. The Morgan fingerprint density at radius 2 is 2.00 bits per heavy atom. The average Bonchev–Trinajstić information content (AvgIpc) is 2.39. The van der Waals surface area contributed by atoms with Gasteiger partial charge in [0.25, 0.3) is 5.69 Å². The monoisotopic (exact) mass is 277 g/mol. The second kappa shape index (κ2) is 9.75. The van der Waals surface area contributed by atoms with Crippen LogP contribution in [0.5, 0.6) is 0 Å². The second-order valence-corrected chi connectivity index (χ2v) is 3.65. The molecule has 0 heterocycles. The van der Waals surface area contributed by atoms with E-state index in [0.717, 1.165) is 5.06 Å². The molecule has 1 aromatic rings. The molecular weight excluding hydrogens is 262 g/mol. The number of hydrogen-bond acceptors (Lipinski definition) is 6. The second-order valence-electron chi connectivity index (χ2n) is 3.15. The summed E-state index contributed by atoms with van der Waals surface area (Å²) >= 11 is 5.43. The van der Waals surface area contributed by atoms with Crippen molar-refractivity contribution in [2.45, 2.75) is 5.50 Å². The maximum Gasteiger partial charge on any atom is 0.269 e. The van der Waals surface area contributed by atoms with Gasteiger partial charge in [-0.25, -0.2) is 0 Å². The number of aliphatic hydroxyl groups is 1. The van der Waals surface area contributed by atoms with E-state index in [2.05, 4.69) is 0 Å². The minimum Gasteiger partial charge on any atom is -0.395 e. The molecule has 1 atom stereocenters. The van der Waals surface area contributed by atoms with Crippen LogP contribution >= 0.6 is 11.6 Å². The summed E-state index contributed by atoms with van der Waals surface area (Å²) < 4.78 is 0. The summed E-state index contributed by atoms with van der Waals surface area (Å²) in [6.07, 6.45) is 0. The minimum absolute atomic E-state index is 0.125. The number of alkyl halides is 1. The van der Waals surface area contributed by atoms with Gasteiger partial charge in [0, 0.05) is 25.2 Å². The number of hydroxylamine groups is 2. The Bertz CT molecular complexity index is 339. The molecule has 7 nitrogen and oxygen atoms in total. The zero-order valence-electron chi connectivity index (χ0n) is 9.65. The third-order valence-electron chi connectivity index (χ3n) is 1.81. The molecule has 1 unspecified atom stereocenters. The fraction of sp³-hybridized carbons (Fsp3) is 0.400. The fourth-order valence-electron chi connectivity index (χ4n) is 0.914. The van der Waals surface area contributed by atoms with E-state index in [4.69, 9.17) is 27.6 Å². The quantitative estimate of drug-likeness (QED) is 0.317. The predicted molar refractivity (Wildman–Crippen MR) is 67.4 cm³/mol. The van der Waals surface area contributed by atoms with Crippen LogP contribution in [0.4, 0.5) is 5.69 Å². The summed E-state index contributed by atoms with van der Waals surface area (Å²) in [6.45, 7) is 0.170. The molecule has 18 heavy (non-hydrogen) atoms. The third-order valence-corrected chi connectivity index (χ3v) is 2.22. The molecule has 102 valence electrons. The van der Waals surface area contributed by atoms with Crippen LogP contribution < -0.4 is 5.73 Å². The maximum atomic E-state index is 10.0. The van der Waals surface area contributed by atoms with E-state index in [1.807, 2.05) is 0 Å². The first-order valence-corrected chi connectivity index (χ1v) is 5.56. The van der Waals surface area contributed by atoms with Gasteiger partial charge in [0.1, 0.15) is 5.50 Å². The number of nitrogens with zero attached hydrogens (tertiary/aromatic N) is 2. The van der Waals surface area contributed by atoms with Crippen molar-refractivity contribution in [2.75, 3.05) is 19.7 Å². The molecule has 0 amide bonds. The van der Waals surface area contributed by atoms with E-state index in [1.165, 1.54) is 12.1 Å². The largest absolute Gasteiger partial charge is 0.395 e. The van der Waals surface area contributed by atoms with Crippen LogP contribution in [0.15, 0.2) is 30.3 Å². The summed E-state index contributed by atoms with van der Waals surface area (Å²) in [4.78, 5) is 9.59. The Kier molecular flexibility index (Phi) is 9.07. The number of aliphatic hydroxyl groups excluding tert-OH is 1. The summed E-state index contributed by atoms with van der Waals surface area (Å²) in [5, 5.41) is 27.9. The van der Waals surface area contributed by atoms with Gasteiger partial charge in [0.2, 0.25) is 0 Å². The van der Waals surface area contributed by atoms with Gasteiger partial charge in [-0.3, -0.25) is 10.1 Å². The highest BCUT2D eigenvalue weighted by Crippen LogP contribution is 2.06. The highest BCUT2D eigenvalue weighted by atomic mass is 35.5. The Hall–Kier alpha value is -1.25. The lowest BCUT2D eigenvalue weighted by molar-refractivity contribution is -0.384. The van der Waals surface area contributed by atoms with Crippen LogP contribution in [0.25, 0.3) is 0 Å². The van der Waals surface area contributed by atoms with E-state index in [1.54, 1.807) is 18.2 Å². The fourth-order valence-corrected chi connectivity index (χ4v) is 1.01. The summed E-state index contributed by atoms with van der Waals surface area (Å²) in [6, 6.07) is 7.93. The number of hydrogen-bond donors (Lipinski definition) is 3. The van der Waals surface area contributed by atoms with Gasteiger partial charge in [-0.2, -0.15) is 5.06 Å². The molecule has 8 heteroatoms. The molecule has 1 aromatic carbocycles. The number of nitro benzene ring substituents is 1. The van der Waals surface area contributed by atoms with Crippen LogP contribution in [-0.2, 0) is 0 Å². The molecule has 0 aromatic heterocycles. The molecule has 0 fully saturated rings. The number of nitro groups is 1. The first kappa shape index (κ1) is 16.8. The summed E-state index contributed by atoms with van der Waals surface area (Å²) in [5.41, 5.74) is 4.62. The molecule has 0 spiro atoms. The predicted octanol–water partition coefficient (Wildman–Crippen LogP) is 0.788. The number of nitrogens with two attached hydrogens (primary N) is 1. The SMILES string of the molecule is NCC(Cl)N(O)CCO.O=[N+]([O-])c1ccccc1. The van der Waals surface area contributed by atoms with E-state index in [9.17, 15) is 10.1 Å². The Balaban J connectivity index is 0.000000321. The van der Waals surface area contributed by atoms with Crippen LogP contribution in [0, 0.1) is 10.1 Å². The maximum absolute atomic E-state index is 10.0. The van der Waals surface area contributed by atoms with E-state index < -0.39 is 10.4 Å². The molecule has 4 N–H and O–H groups in total. The van der Waals surface area contributed by atoms with Gasteiger partial charge < -0.3 is 16.0 Å². The van der Waals surface area contributed by atoms with Crippen LogP contribution in [0.1, 0.15) is 0 Å². The number of halogens is 1. The molecule has 0 aliphatic rings. The first-order valence-electron chi connectivity index (χ1n) is 5.12. The molecule has 0 aliphatic heterocycles. The lowest BCUT2D eigenvalue weighted by Gasteiger charge is -2.17. The smallest absolute Gasteiger partial charge is 0.269 e. The minimum atomic E-state index is -0.600. The Morgan fingerprint density at radius 3 is 2.33 bits per heavy atom. The van der Waals surface area contributed by atoms with Crippen molar-refractivity contribution < 1.29 is 15.2 Å². The van der Waals surface area contributed by atoms with E-state index in [-0.39, 0.29) is 25.4 Å². The lowest BCUT2D eigenvalue weighted by Crippen LogP contribution is -2.35. The average molecular weight is 278 g/mol. The molecule has 0 radical (unpaired) electrons. The van der Waals surface area contributed by atoms with Crippen LogP contribution in [-0.4, -0.2) is 45.5 Å². The standard InChI is InChI=1S/C6H5NO2.C4H11ClN2O2/c8-7(9)6-4-2-1-3-5-6;5-4(3-6)7(9)1-2-8/h1-5H;4,8-9H,1-3,6H2. The third kappa shape index (κ3) is 7.15. The lowest BCUT2D eigenvalue weighted by atomic mass is 10.3. The Morgan fingerprint density at radius 1 is 1.44 bits per heavy atom. The zero-order valence-corrected chi connectivity index (χ0v) is 10.4. The normalized spacial score (nSPS) is 11.6. The molecule has 0 aliphatic carbocycles. The Labute approximate surface area is 109 Å². The van der Waals surface area contributed by atoms with Gasteiger partial charge in [0.15, 0.2) is 0 Å². The molecule has 0 saturated heterocycles. The topological polar surface area (TPSA) is 113 Å². The highest BCUT2D eigenvalue weighted by Gasteiger charge is 2.08. The van der Waals surface area contributed by atoms with Crippen molar-refractivity contribution in [1.29, 1.82) is 0 Å². The van der Waals surface area contributed by atoms with Crippen molar-refractivity contribution in [3.8, 4) is 0 Å². The zero-order chi connectivity index (χ0) is 14.0. The van der Waals surface area contributed by atoms with E-state index in [0.29, 0.717) is 0 Å². The van der Waals surface area contributed by atoms with Crippen molar-refractivity contribution in [3.63, 3.8) is 0 Å². The molecular formula is C10H16ClN3O4. The molecule has 1 rings (SSSR count). The van der Waals surface area contributed by atoms with Gasteiger partial charge in [-0.15, -0.1) is 11.6 Å². The van der Waals surface area contributed by atoms with Crippen LogP contribution in [0.2, 0.25) is 0 Å². The van der Waals surface area contributed by atoms with Crippen molar-refractivity contribution in [1.82, 2.24) is 5.06 Å². The molecule has 0 bridgehead atoms.